The number of nitrogens with zero attached hydrogens (tertiary/aromatic N) is 1. The van der Waals surface area contributed by atoms with Crippen molar-refractivity contribution in [2.45, 2.75) is 70.1 Å². The predicted octanol–water partition coefficient (Wildman–Crippen LogP) is 3.96. The summed E-state index contributed by atoms with van der Waals surface area (Å²) >= 11 is 0. The summed E-state index contributed by atoms with van der Waals surface area (Å²) < 4.78 is 0. The number of piperidine rings is 2. The molecule has 29 heavy (non-hydrogen) atoms. The minimum atomic E-state index is -0.206. The number of anilines is 1. The van der Waals surface area contributed by atoms with Crippen molar-refractivity contribution < 1.29 is 14.4 Å². The summed E-state index contributed by atoms with van der Waals surface area (Å²) in [6.45, 7) is 2.18. The standard InChI is InChI=1S/C24H32N2O3/c27-21-9-3-17(4-10-21)1-2-18-13-15-26(16-14-18)20-7-5-19(6-8-20)22-11-12-23(28)25-24(22)29/h5-8,17-18,22H,1-4,9-16H2,(H,25,28,29). The van der Waals surface area contributed by atoms with Crippen molar-refractivity contribution in [3.05, 3.63) is 29.8 Å². The largest absolute Gasteiger partial charge is 0.372 e. The first-order chi connectivity index (χ1) is 14.1. The Balaban J connectivity index is 1.24. The Morgan fingerprint density at radius 1 is 0.793 bits per heavy atom. The first-order valence-electron chi connectivity index (χ1n) is 11.3. The molecule has 2 saturated heterocycles. The Morgan fingerprint density at radius 2 is 1.41 bits per heavy atom. The normalized spacial score (nSPS) is 24.6. The van der Waals surface area contributed by atoms with Gasteiger partial charge in [0, 0.05) is 38.0 Å². The van der Waals surface area contributed by atoms with Gasteiger partial charge in [-0.15, -0.1) is 0 Å². The zero-order valence-electron chi connectivity index (χ0n) is 17.2. The molecule has 1 aromatic carbocycles. The zero-order chi connectivity index (χ0) is 20.2. The van der Waals surface area contributed by atoms with Crippen molar-refractivity contribution in [3.8, 4) is 0 Å². The fourth-order valence-electron chi connectivity index (χ4n) is 5.17. The number of hydrogen-bond donors (Lipinski definition) is 1. The maximum absolute atomic E-state index is 12.1. The smallest absolute Gasteiger partial charge is 0.234 e. The molecule has 1 unspecified atom stereocenters. The van der Waals surface area contributed by atoms with Crippen molar-refractivity contribution in [2.24, 2.45) is 11.8 Å². The topological polar surface area (TPSA) is 66.5 Å². The van der Waals surface area contributed by atoms with Crippen LogP contribution in [-0.4, -0.2) is 30.7 Å². The van der Waals surface area contributed by atoms with Gasteiger partial charge in [0.15, 0.2) is 0 Å². The second-order valence-electron chi connectivity index (χ2n) is 9.09. The third-order valence-corrected chi connectivity index (χ3v) is 7.16. The van der Waals surface area contributed by atoms with Crippen LogP contribution in [0.25, 0.3) is 0 Å². The minimum absolute atomic E-state index is 0.164. The number of nitrogens with one attached hydrogen (secondary N) is 1. The molecule has 5 heteroatoms. The first-order valence-corrected chi connectivity index (χ1v) is 11.3. The van der Waals surface area contributed by atoms with Gasteiger partial charge in [0.25, 0.3) is 0 Å². The van der Waals surface area contributed by atoms with E-state index in [0.29, 0.717) is 18.6 Å². The van der Waals surface area contributed by atoms with Crippen molar-refractivity contribution in [2.75, 3.05) is 18.0 Å². The molecule has 0 radical (unpaired) electrons. The van der Waals surface area contributed by atoms with Gasteiger partial charge >= 0.3 is 0 Å². The molecule has 3 aliphatic rings. The lowest BCUT2D eigenvalue weighted by molar-refractivity contribution is -0.134. The zero-order valence-corrected chi connectivity index (χ0v) is 17.2. The highest BCUT2D eigenvalue weighted by Crippen LogP contribution is 2.32. The number of imide groups is 1. The van der Waals surface area contributed by atoms with Crippen LogP contribution in [0.15, 0.2) is 24.3 Å². The van der Waals surface area contributed by atoms with Gasteiger partial charge in [0.1, 0.15) is 5.78 Å². The quantitative estimate of drug-likeness (QED) is 0.765. The lowest BCUT2D eigenvalue weighted by Gasteiger charge is -2.34. The summed E-state index contributed by atoms with van der Waals surface area (Å²) in [4.78, 5) is 37.2. The summed E-state index contributed by atoms with van der Waals surface area (Å²) in [5.74, 6) is 1.50. The average molecular weight is 397 g/mol. The number of carbonyl (C=O) groups is 3. The van der Waals surface area contributed by atoms with Gasteiger partial charge in [-0.2, -0.15) is 0 Å². The number of hydrogen-bond acceptors (Lipinski definition) is 4. The fraction of sp³-hybridized carbons (Fsp3) is 0.625. The predicted molar refractivity (Wildman–Crippen MR) is 113 cm³/mol. The Hall–Kier alpha value is -2.17. The molecule has 2 heterocycles. The van der Waals surface area contributed by atoms with Crippen LogP contribution in [0.4, 0.5) is 5.69 Å². The van der Waals surface area contributed by atoms with Crippen LogP contribution in [0, 0.1) is 11.8 Å². The van der Waals surface area contributed by atoms with Gasteiger partial charge in [-0.05, 0) is 61.6 Å². The summed E-state index contributed by atoms with van der Waals surface area (Å²) in [7, 11) is 0. The molecular weight excluding hydrogens is 364 g/mol. The van der Waals surface area contributed by atoms with E-state index in [2.05, 4.69) is 22.3 Å². The van der Waals surface area contributed by atoms with E-state index in [9.17, 15) is 14.4 Å². The molecule has 3 fully saturated rings. The molecule has 4 rings (SSSR count). The molecule has 1 N–H and O–H groups in total. The van der Waals surface area contributed by atoms with Gasteiger partial charge in [0.05, 0.1) is 5.92 Å². The molecule has 2 aliphatic heterocycles. The molecule has 1 aromatic rings. The summed E-state index contributed by atoms with van der Waals surface area (Å²) in [5, 5.41) is 2.44. The van der Waals surface area contributed by atoms with E-state index in [1.54, 1.807) is 0 Å². The van der Waals surface area contributed by atoms with E-state index >= 15 is 0 Å². The highest BCUT2D eigenvalue weighted by Gasteiger charge is 2.28. The van der Waals surface area contributed by atoms with Crippen LogP contribution < -0.4 is 10.2 Å². The fourth-order valence-corrected chi connectivity index (χ4v) is 5.17. The second kappa shape index (κ2) is 9.10. The van der Waals surface area contributed by atoms with Crippen LogP contribution in [-0.2, 0) is 14.4 Å². The van der Waals surface area contributed by atoms with Gasteiger partial charge in [-0.25, -0.2) is 0 Å². The number of benzene rings is 1. The molecule has 2 amide bonds. The average Bonchev–Trinajstić information content (AvgIpc) is 2.74. The van der Waals surface area contributed by atoms with Crippen LogP contribution in [0.5, 0.6) is 0 Å². The Bertz CT molecular complexity index is 740. The number of carbonyl (C=O) groups excluding carboxylic acids is 3. The van der Waals surface area contributed by atoms with E-state index in [-0.39, 0.29) is 17.7 Å². The van der Waals surface area contributed by atoms with Crippen LogP contribution in [0.2, 0.25) is 0 Å². The van der Waals surface area contributed by atoms with Crippen molar-refractivity contribution in [3.63, 3.8) is 0 Å². The SMILES string of the molecule is O=C1CCC(CCC2CCN(c3ccc(C4CCC(=O)NC4=O)cc3)CC2)CC1. The lowest BCUT2D eigenvalue weighted by Crippen LogP contribution is -2.39. The highest BCUT2D eigenvalue weighted by atomic mass is 16.2. The Morgan fingerprint density at radius 3 is 2.03 bits per heavy atom. The van der Waals surface area contributed by atoms with Crippen molar-refractivity contribution in [1.29, 1.82) is 0 Å². The lowest BCUT2D eigenvalue weighted by atomic mass is 9.82. The molecule has 0 aromatic heterocycles. The number of Topliss-reactive ketones (excluding diaryl/α,β-unsaturated/α-hetero) is 1. The highest BCUT2D eigenvalue weighted by molar-refractivity contribution is 6.00. The summed E-state index contributed by atoms with van der Waals surface area (Å²) in [6, 6.07) is 8.34. The summed E-state index contributed by atoms with van der Waals surface area (Å²) in [6.07, 6.45) is 9.92. The van der Waals surface area contributed by atoms with Gasteiger partial charge in [0.2, 0.25) is 11.8 Å². The first kappa shape index (κ1) is 20.1. The molecule has 1 saturated carbocycles. The maximum atomic E-state index is 12.1. The van der Waals surface area contributed by atoms with Crippen LogP contribution in [0.1, 0.15) is 75.7 Å². The Kier molecular flexibility index (Phi) is 6.31. The van der Waals surface area contributed by atoms with Gasteiger partial charge in [-0.3, -0.25) is 19.7 Å². The van der Waals surface area contributed by atoms with Crippen molar-refractivity contribution in [1.82, 2.24) is 5.32 Å². The summed E-state index contributed by atoms with van der Waals surface area (Å²) in [5.41, 5.74) is 2.23. The second-order valence-corrected chi connectivity index (χ2v) is 9.09. The number of ketones is 1. The molecule has 0 bridgehead atoms. The van der Waals surface area contributed by atoms with E-state index in [0.717, 1.165) is 56.2 Å². The molecule has 1 atom stereocenters. The van der Waals surface area contributed by atoms with Crippen LogP contribution in [0.3, 0.4) is 0 Å². The molecule has 0 spiro atoms. The van der Waals surface area contributed by atoms with Crippen LogP contribution >= 0.6 is 0 Å². The number of rotatable bonds is 5. The minimum Gasteiger partial charge on any atom is -0.372 e. The van der Waals surface area contributed by atoms with E-state index < -0.39 is 0 Å². The molecule has 5 nitrogen and oxygen atoms in total. The monoisotopic (exact) mass is 396 g/mol. The molecule has 156 valence electrons. The molecule has 1 aliphatic carbocycles. The van der Waals surface area contributed by atoms with E-state index in [1.165, 1.54) is 31.4 Å². The Labute approximate surface area is 173 Å². The molecular formula is C24H32N2O3. The van der Waals surface area contributed by atoms with E-state index in [4.69, 9.17) is 0 Å². The van der Waals surface area contributed by atoms with Gasteiger partial charge < -0.3 is 4.90 Å². The maximum Gasteiger partial charge on any atom is 0.234 e. The van der Waals surface area contributed by atoms with Crippen molar-refractivity contribution >= 4 is 23.3 Å². The van der Waals surface area contributed by atoms with Gasteiger partial charge in [-0.1, -0.05) is 25.0 Å². The third kappa shape index (κ3) is 5.06. The third-order valence-electron chi connectivity index (χ3n) is 7.16. The van der Waals surface area contributed by atoms with E-state index in [1.807, 2.05) is 12.1 Å². The number of amides is 2.